The zero-order chi connectivity index (χ0) is 19.6. The normalized spacial score (nSPS) is 14.7. The zero-order valence-corrected chi connectivity index (χ0v) is 18.3. The summed E-state index contributed by atoms with van der Waals surface area (Å²) in [6.07, 6.45) is 0. The molecule has 0 radical (unpaired) electrons. The molecular weight excluding hydrogens is 492 g/mol. The fraction of sp³-hybridized carbons (Fsp3) is 0.0400. The average Bonchev–Trinajstić information content (AvgIpc) is 2.74. The van der Waals surface area contributed by atoms with E-state index in [1.807, 2.05) is 48.5 Å². The summed E-state index contributed by atoms with van der Waals surface area (Å²) in [5, 5.41) is 0. The fourth-order valence-corrected chi connectivity index (χ4v) is 5.33. The van der Waals surface area contributed by atoms with E-state index in [9.17, 15) is 0 Å². The molecule has 2 heterocycles. The van der Waals surface area contributed by atoms with Crippen LogP contribution in [0.4, 0.5) is 0 Å². The molecule has 0 unspecified atom stereocenters. The van der Waals surface area contributed by atoms with Crippen LogP contribution in [0.5, 0.6) is 23.0 Å². The van der Waals surface area contributed by atoms with Gasteiger partial charge < -0.3 is 9.47 Å². The van der Waals surface area contributed by atoms with Gasteiger partial charge in [0.2, 0.25) is 0 Å². The maximum absolute atomic E-state index is 6.36. The van der Waals surface area contributed by atoms with Gasteiger partial charge in [-0.2, -0.15) is 0 Å². The van der Waals surface area contributed by atoms with E-state index in [2.05, 4.69) is 68.3 Å². The Balaban J connectivity index is 1.86. The molecule has 4 heteroatoms. The van der Waals surface area contributed by atoms with Crippen molar-refractivity contribution in [2.75, 3.05) is 0 Å². The van der Waals surface area contributed by atoms with Crippen LogP contribution in [-0.4, -0.2) is 0 Å². The highest BCUT2D eigenvalue weighted by Crippen LogP contribution is 2.61. The van der Waals surface area contributed by atoms with Crippen LogP contribution in [0.1, 0.15) is 22.3 Å². The van der Waals surface area contributed by atoms with E-state index in [4.69, 9.17) is 9.47 Å². The minimum Gasteiger partial charge on any atom is -0.457 e. The summed E-state index contributed by atoms with van der Waals surface area (Å²) in [6.45, 7) is 0. The minimum atomic E-state index is -0.540. The summed E-state index contributed by atoms with van der Waals surface area (Å²) in [5.74, 6) is 3.44. The van der Waals surface area contributed by atoms with E-state index in [-0.39, 0.29) is 0 Å². The Kier molecular flexibility index (Phi) is 3.71. The van der Waals surface area contributed by atoms with Crippen molar-refractivity contribution in [2.24, 2.45) is 0 Å². The first kappa shape index (κ1) is 17.3. The average molecular weight is 506 g/mol. The highest BCUT2D eigenvalue weighted by molar-refractivity contribution is 9.10. The second-order valence-corrected chi connectivity index (χ2v) is 9.06. The molecule has 4 aromatic carbocycles. The molecule has 0 atom stereocenters. The van der Waals surface area contributed by atoms with Crippen LogP contribution in [0, 0.1) is 0 Å². The summed E-state index contributed by atoms with van der Waals surface area (Å²) in [6, 6.07) is 29.0. The van der Waals surface area contributed by atoms with Gasteiger partial charge >= 0.3 is 0 Å². The molecule has 2 aliphatic rings. The molecule has 1 spiro atoms. The number of hydrogen-bond donors (Lipinski definition) is 0. The number of ether oxygens (including phenoxy) is 2. The van der Waals surface area contributed by atoms with Gasteiger partial charge in [0.05, 0.1) is 5.41 Å². The topological polar surface area (TPSA) is 18.5 Å². The fourth-order valence-electron chi connectivity index (χ4n) is 4.61. The maximum Gasteiger partial charge on any atom is 0.132 e. The van der Waals surface area contributed by atoms with E-state index in [1.54, 1.807) is 0 Å². The second-order valence-electron chi connectivity index (χ2n) is 7.23. The lowest BCUT2D eigenvalue weighted by atomic mass is 9.62. The van der Waals surface area contributed by atoms with Crippen molar-refractivity contribution in [3.8, 4) is 23.0 Å². The molecule has 140 valence electrons. The first-order valence-corrected chi connectivity index (χ1v) is 10.9. The van der Waals surface area contributed by atoms with Gasteiger partial charge in [-0.15, -0.1) is 0 Å². The Bertz CT molecular complexity index is 1200. The van der Waals surface area contributed by atoms with Crippen LogP contribution in [-0.2, 0) is 5.41 Å². The highest BCUT2D eigenvalue weighted by Gasteiger charge is 2.50. The molecule has 0 saturated heterocycles. The van der Waals surface area contributed by atoms with Crippen LogP contribution in [0.25, 0.3) is 0 Å². The Labute approximate surface area is 185 Å². The number of hydrogen-bond acceptors (Lipinski definition) is 2. The van der Waals surface area contributed by atoms with Crippen LogP contribution in [0.2, 0.25) is 0 Å². The molecule has 0 fully saturated rings. The first-order valence-electron chi connectivity index (χ1n) is 9.33. The minimum absolute atomic E-state index is 0.540. The smallest absolute Gasteiger partial charge is 0.132 e. The number of rotatable bonds is 0. The van der Waals surface area contributed by atoms with Crippen molar-refractivity contribution < 1.29 is 9.47 Å². The van der Waals surface area contributed by atoms with Crippen molar-refractivity contribution in [1.29, 1.82) is 0 Å². The van der Waals surface area contributed by atoms with E-state index >= 15 is 0 Å². The number of fused-ring (bicyclic) bond motifs is 8. The monoisotopic (exact) mass is 504 g/mol. The summed E-state index contributed by atoms with van der Waals surface area (Å²) in [4.78, 5) is 0. The highest BCUT2D eigenvalue weighted by atomic mass is 79.9. The molecule has 29 heavy (non-hydrogen) atoms. The molecule has 0 N–H and O–H groups in total. The van der Waals surface area contributed by atoms with Crippen molar-refractivity contribution in [3.63, 3.8) is 0 Å². The van der Waals surface area contributed by atoms with Crippen LogP contribution < -0.4 is 9.47 Å². The molecule has 2 aliphatic heterocycles. The predicted molar refractivity (Wildman–Crippen MR) is 120 cm³/mol. The third kappa shape index (κ3) is 2.33. The summed E-state index contributed by atoms with van der Waals surface area (Å²) in [7, 11) is 0. The van der Waals surface area contributed by atoms with Crippen molar-refractivity contribution in [3.05, 3.63) is 116 Å². The van der Waals surface area contributed by atoms with E-state index in [0.29, 0.717) is 0 Å². The second kappa shape index (κ2) is 6.22. The largest absolute Gasteiger partial charge is 0.457 e. The maximum atomic E-state index is 6.36. The van der Waals surface area contributed by atoms with Gasteiger partial charge in [0, 0.05) is 31.2 Å². The van der Waals surface area contributed by atoms with Gasteiger partial charge in [-0.3, -0.25) is 0 Å². The molecule has 0 saturated carbocycles. The van der Waals surface area contributed by atoms with Gasteiger partial charge in [0.25, 0.3) is 0 Å². The van der Waals surface area contributed by atoms with E-state index in [1.165, 1.54) is 0 Å². The van der Waals surface area contributed by atoms with Gasteiger partial charge in [-0.25, -0.2) is 0 Å². The molecule has 4 aromatic rings. The van der Waals surface area contributed by atoms with Gasteiger partial charge in [-0.1, -0.05) is 68.3 Å². The Morgan fingerprint density at radius 1 is 0.483 bits per heavy atom. The molecule has 0 amide bonds. The third-order valence-electron chi connectivity index (χ3n) is 5.71. The first-order chi connectivity index (χ1) is 14.2. The Morgan fingerprint density at radius 2 is 0.897 bits per heavy atom. The van der Waals surface area contributed by atoms with Gasteiger partial charge in [-0.05, 0) is 48.5 Å². The quantitative estimate of drug-likeness (QED) is 0.209. The summed E-state index contributed by atoms with van der Waals surface area (Å²) >= 11 is 7.36. The lowest BCUT2D eigenvalue weighted by molar-refractivity contribution is 0.399. The third-order valence-corrected chi connectivity index (χ3v) is 6.70. The summed E-state index contributed by atoms with van der Waals surface area (Å²) in [5.41, 5.74) is 3.88. The predicted octanol–water partition coefficient (Wildman–Crippen LogP) is 7.81. The van der Waals surface area contributed by atoms with Gasteiger partial charge in [0.1, 0.15) is 23.0 Å². The standard InChI is InChI=1S/C25H14Br2O2/c26-15-9-11-23-19(13-15)25(20-14-16(27)10-12-24(20)29-23)17-5-1-3-7-21(17)28-22-8-4-2-6-18(22)25/h1-14H. The van der Waals surface area contributed by atoms with Crippen molar-refractivity contribution >= 4 is 31.9 Å². The molecule has 2 nitrogen and oxygen atoms in total. The summed E-state index contributed by atoms with van der Waals surface area (Å²) < 4.78 is 14.7. The van der Waals surface area contributed by atoms with Crippen LogP contribution in [0.15, 0.2) is 93.9 Å². The molecule has 0 aromatic heterocycles. The number of halogens is 2. The van der Waals surface area contributed by atoms with Crippen molar-refractivity contribution in [1.82, 2.24) is 0 Å². The van der Waals surface area contributed by atoms with Crippen LogP contribution in [0.3, 0.4) is 0 Å². The molecular formula is C25H14Br2O2. The van der Waals surface area contributed by atoms with Crippen molar-refractivity contribution in [2.45, 2.75) is 5.41 Å². The molecule has 0 bridgehead atoms. The molecule has 0 aliphatic carbocycles. The SMILES string of the molecule is Brc1ccc2c(c1)C1(c3ccccc3Oc3ccccc31)c1cc(Br)ccc1O2. The number of para-hydroxylation sites is 2. The Morgan fingerprint density at radius 3 is 1.38 bits per heavy atom. The zero-order valence-electron chi connectivity index (χ0n) is 15.2. The molecule has 6 rings (SSSR count). The lowest BCUT2D eigenvalue weighted by Crippen LogP contribution is -2.36. The number of benzene rings is 4. The lowest BCUT2D eigenvalue weighted by Gasteiger charge is -2.44. The van der Waals surface area contributed by atoms with E-state index < -0.39 is 5.41 Å². The Hall–Kier alpha value is -2.56. The van der Waals surface area contributed by atoms with Crippen LogP contribution >= 0.6 is 31.9 Å². The van der Waals surface area contributed by atoms with Gasteiger partial charge in [0.15, 0.2) is 0 Å². The van der Waals surface area contributed by atoms with E-state index in [0.717, 1.165) is 54.2 Å².